The molecular weight excluding hydrogens is 434 g/mol. The molecule has 4 aromatic rings. The second kappa shape index (κ2) is 10.4. The molecule has 2 N–H and O–H groups in total. The van der Waals surface area contributed by atoms with Gasteiger partial charge < -0.3 is 19.2 Å². The van der Waals surface area contributed by atoms with Crippen LogP contribution < -0.4 is 25.8 Å². The van der Waals surface area contributed by atoms with Crippen molar-refractivity contribution in [3.05, 3.63) is 101 Å². The van der Waals surface area contributed by atoms with Crippen LogP contribution in [0.4, 0.5) is 0 Å². The molecule has 8 nitrogen and oxygen atoms in total. The van der Waals surface area contributed by atoms with Gasteiger partial charge >= 0.3 is 0 Å². The number of amides is 2. The van der Waals surface area contributed by atoms with Gasteiger partial charge in [0.1, 0.15) is 22.6 Å². The van der Waals surface area contributed by atoms with E-state index in [2.05, 4.69) is 15.8 Å². The number of rotatable bonds is 7. The molecule has 4 rings (SSSR count). The van der Waals surface area contributed by atoms with Gasteiger partial charge in [-0.15, -0.1) is 5.10 Å². The zero-order chi connectivity index (χ0) is 23.9. The third-order valence-electron chi connectivity index (χ3n) is 5.11. The van der Waals surface area contributed by atoms with Gasteiger partial charge in [0, 0.05) is 23.6 Å². The van der Waals surface area contributed by atoms with Crippen molar-refractivity contribution in [3.63, 3.8) is 0 Å². The monoisotopic (exact) mass is 457 g/mol. The topological polar surface area (TPSA) is 102 Å². The maximum absolute atomic E-state index is 13.0. The number of benzene rings is 3. The zero-order valence-electron chi connectivity index (χ0n) is 18.7. The second-order valence-electron chi connectivity index (χ2n) is 7.32. The third kappa shape index (κ3) is 5.24. The summed E-state index contributed by atoms with van der Waals surface area (Å²) in [6.07, 6.45) is 0. The summed E-state index contributed by atoms with van der Waals surface area (Å²) in [6.45, 7) is 0.331. The Hall–Kier alpha value is -4.59. The number of ether oxygens (including phenoxy) is 2. The van der Waals surface area contributed by atoms with E-state index in [0.29, 0.717) is 34.6 Å². The van der Waals surface area contributed by atoms with E-state index in [4.69, 9.17) is 13.9 Å². The molecule has 0 unspecified atom stereocenters. The molecule has 0 aliphatic carbocycles. The molecule has 34 heavy (non-hydrogen) atoms. The van der Waals surface area contributed by atoms with Gasteiger partial charge in [-0.3, -0.25) is 9.59 Å². The number of carbonyl (C=O) groups excluding carboxylic acids is 2. The molecule has 0 radical (unpaired) electrons. The van der Waals surface area contributed by atoms with Gasteiger partial charge in [0.25, 0.3) is 11.8 Å². The first-order chi connectivity index (χ1) is 16.6. The summed E-state index contributed by atoms with van der Waals surface area (Å²) in [5.74, 6) is 0.372. The molecule has 0 bridgehead atoms. The molecule has 0 atom stereocenters. The number of methoxy groups -OCH3 is 2. The largest absolute Gasteiger partial charge is 0.497 e. The molecule has 3 aromatic carbocycles. The van der Waals surface area contributed by atoms with E-state index in [1.807, 2.05) is 30.3 Å². The van der Waals surface area contributed by atoms with Crippen LogP contribution in [0.1, 0.15) is 26.3 Å². The van der Waals surface area contributed by atoms with Crippen molar-refractivity contribution in [3.8, 4) is 11.5 Å². The maximum Gasteiger partial charge on any atom is 0.271 e. The Morgan fingerprint density at radius 1 is 0.853 bits per heavy atom. The number of fused-ring (bicyclic) bond motifs is 1. The van der Waals surface area contributed by atoms with E-state index >= 15 is 0 Å². The van der Waals surface area contributed by atoms with E-state index in [1.54, 1.807) is 62.8 Å². The normalized spacial score (nSPS) is 11.2. The molecule has 1 heterocycles. The van der Waals surface area contributed by atoms with Crippen molar-refractivity contribution in [1.82, 2.24) is 10.7 Å². The van der Waals surface area contributed by atoms with Crippen LogP contribution in [0.2, 0.25) is 0 Å². The van der Waals surface area contributed by atoms with Gasteiger partial charge in [0.15, 0.2) is 0 Å². The van der Waals surface area contributed by atoms with E-state index in [1.165, 1.54) is 0 Å². The lowest BCUT2D eigenvalue weighted by molar-refractivity contribution is 0.0932. The Labute approximate surface area is 195 Å². The van der Waals surface area contributed by atoms with Crippen molar-refractivity contribution in [2.75, 3.05) is 14.2 Å². The van der Waals surface area contributed by atoms with Gasteiger partial charge in [-0.05, 0) is 48.0 Å². The summed E-state index contributed by atoms with van der Waals surface area (Å²) >= 11 is 0. The van der Waals surface area contributed by atoms with E-state index < -0.39 is 5.91 Å². The fourth-order valence-electron chi connectivity index (χ4n) is 3.25. The van der Waals surface area contributed by atoms with Crippen LogP contribution >= 0.6 is 0 Å². The van der Waals surface area contributed by atoms with E-state index in [9.17, 15) is 9.59 Å². The van der Waals surface area contributed by atoms with Crippen LogP contribution in [0.5, 0.6) is 11.5 Å². The fourth-order valence-corrected chi connectivity index (χ4v) is 3.25. The third-order valence-corrected chi connectivity index (χ3v) is 5.11. The molecule has 0 spiro atoms. The van der Waals surface area contributed by atoms with Crippen molar-refractivity contribution in [2.45, 2.75) is 6.54 Å². The average Bonchev–Trinajstić information content (AvgIpc) is 2.90. The molecule has 8 heteroatoms. The van der Waals surface area contributed by atoms with Crippen LogP contribution in [0, 0.1) is 0 Å². The van der Waals surface area contributed by atoms with Gasteiger partial charge in [0.2, 0.25) is 5.55 Å². The number of carbonyl (C=O) groups is 2. The van der Waals surface area contributed by atoms with Gasteiger partial charge in [-0.25, -0.2) is 5.43 Å². The predicted molar refractivity (Wildman–Crippen MR) is 126 cm³/mol. The minimum Gasteiger partial charge on any atom is -0.497 e. The standard InChI is InChI=1S/C26H23N3O5/c1-32-20-11-8-18(9-12-20)24(30)28-29-26-22(25(31)27-16-17-6-4-3-5-7-17)14-19-10-13-21(33-2)15-23(19)34-26/h3-15H,16H2,1-2H3,(H,27,31)(H,28,30). The fraction of sp³-hybridized carbons (Fsp3) is 0.115. The lowest BCUT2D eigenvalue weighted by Gasteiger charge is -2.08. The summed E-state index contributed by atoms with van der Waals surface area (Å²) < 4.78 is 16.3. The highest BCUT2D eigenvalue weighted by atomic mass is 16.5. The maximum atomic E-state index is 13.0. The summed E-state index contributed by atoms with van der Waals surface area (Å²) in [4.78, 5) is 25.6. The molecule has 0 aliphatic heterocycles. The number of hydrogen-bond donors (Lipinski definition) is 2. The number of hydrogen-bond acceptors (Lipinski definition) is 6. The Kier molecular flexibility index (Phi) is 6.88. The van der Waals surface area contributed by atoms with Crippen LogP contribution in [0.3, 0.4) is 0 Å². The first-order valence-electron chi connectivity index (χ1n) is 10.5. The first-order valence-corrected chi connectivity index (χ1v) is 10.5. The Bertz CT molecular complexity index is 1380. The summed E-state index contributed by atoms with van der Waals surface area (Å²) in [7, 11) is 3.10. The molecule has 0 aliphatic rings. The van der Waals surface area contributed by atoms with Crippen molar-refractivity contribution < 1.29 is 23.5 Å². The molecule has 0 saturated heterocycles. The highest BCUT2D eigenvalue weighted by molar-refractivity contribution is 5.97. The van der Waals surface area contributed by atoms with Crippen molar-refractivity contribution in [2.24, 2.45) is 5.10 Å². The highest BCUT2D eigenvalue weighted by Crippen LogP contribution is 2.20. The molecular formula is C26H23N3O5. The zero-order valence-corrected chi connectivity index (χ0v) is 18.7. The summed E-state index contributed by atoms with van der Waals surface area (Å²) in [5, 5.41) is 7.66. The van der Waals surface area contributed by atoms with E-state index in [0.717, 1.165) is 5.56 Å². The Morgan fingerprint density at radius 2 is 1.56 bits per heavy atom. The number of nitrogens with one attached hydrogen (secondary N) is 2. The van der Waals surface area contributed by atoms with Crippen molar-refractivity contribution >= 4 is 22.8 Å². The lowest BCUT2D eigenvalue weighted by Crippen LogP contribution is -2.30. The smallest absolute Gasteiger partial charge is 0.271 e. The average molecular weight is 457 g/mol. The minimum atomic E-state index is -0.459. The second-order valence-corrected chi connectivity index (χ2v) is 7.32. The van der Waals surface area contributed by atoms with Gasteiger partial charge in [-0.2, -0.15) is 0 Å². The molecule has 0 fully saturated rings. The van der Waals surface area contributed by atoms with Gasteiger partial charge in [0.05, 0.1) is 14.2 Å². The van der Waals surface area contributed by atoms with E-state index in [-0.39, 0.29) is 17.0 Å². The van der Waals surface area contributed by atoms with Crippen molar-refractivity contribution in [1.29, 1.82) is 0 Å². The molecule has 2 amide bonds. The first kappa shape index (κ1) is 22.6. The highest BCUT2D eigenvalue weighted by Gasteiger charge is 2.14. The lowest BCUT2D eigenvalue weighted by atomic mass is 10.1. The van der Waals surface area contributed by atoms with Crippen LogP contribution in [-0.2, 0) is 6.54 Å². The molecule has 172 valence electrons. The molecule has 1 aromatic heterocycles. The predicted octanol–water partition coefficient (Wildman–Crippen LogP) is 3.63. The SMILES string of the molecule is COc1ccc(C(=O)NN=c2oc3cc(OC)ccc3cc2C(=O)NCc2ccccc2)cc1. The van der Waals surface area contributed by atoms with Crippen LogP contribution in [0.25, 0.3) is 11.0 Å². The summed E-state index contributed by atoms with van der Waals surface area (Å²) in [5.41, 5.74) is 4.39. The quantitative estimate of drug-likeness (QED) is 0.413. The van der Waals surface area contributed by atoms with Crippen LogP contribution in [0.15, 0.2) is 88.4 Å². The molecule has 0 saturated carbocycles. The summed E-state index contributed by atoms with van der Waals surface area (Å²) in [6, 6.07) is 23.0. The number of nitrogens with zero attached hydrogens (tertiary/aromatic N) is 1. The van der Waals surface area contributed by atoms with Crippen LogP contribution in [-0.4, -0.2) is 26.0 Å². The van der Waals surface area contributed by atoms with Gasteiger partial charge in [-0.1, -0.05) is 30.3 Å². The Morgan fingerprint density at radius 3 is 2.26 bits per heavy atom. The minimum absolute atomic E-state index is 0.0341. The Balaban J connectivity index is 1.66.